The van der Waals surface area contributed by atoms with Gasteiger partial charge in [0.1, 0.15) is 11.5 Å². The summed E-state index contributed by atoms with van der Waals surface area (Å²) in [7, 11) is 2.89. The van der Waals surface area contributed by atoms with Crippen LogP contribution >= 0.6 is 0 Å². The molecule has 0 saturated carbocycles. The molecule has 0 spiro atoms. The van der Waals surface area contributed by atoms with E-state index in [-0.39, 0.29) is 11.1 Å². The minimum absolute atomic E-state index is 0.0906. The normalized spacial score (nSPS) is 10.0. The Hall–Kier alpha value is -2.82. The second kappa shape index (κ2) is 6.09. The van der Waals surface area contributed by atoms with Gasteiger partial charge in [0.25, 0.3) is 0 Å². The van der Waals surface area contributed by atoms with E-state index in [4.69, 9.17) is 9.47 Å². The van der Waals surface area contributed by atoms with Crippen LogP contribution in [0.3, 0.4) is 0 Å². The standard InChI is InChI=1S/C16H14O5/c1-20-10-7-8-11(13(9-10)16(18)19)15(17)12-5-3-4-6-14(12)21-2/h3-9H,1-2H3,(H,18,19). The predicted octanol–water partition coefficient (Wildman–Crippen LogP) is 2.63. The van der Waals surface area contributed by atoms with Crippen LogP contribution in [-0.2, 0) is 0 Å². The van der Waals surface area contributed by atoms with E-state index < -0.39 is 11.8 Å². The number of carbonyl (C=O) groups is 2. The zero-order valence-corrected chi connectivity index (χ0v) is 11.6. The van der Waals surface area contributed by atoms with E-state index in [9.17, 15) is 14.7 Å². The maximum atomic E-state index is 12.6. The Morgan fingerprint density at radius 2 is 1.62 bits per heavy atom. The van der Waals surface area contributed by atoms with Crippen LogP contribution in [0.5, 0.6) is 11.5 Å². The molecule has 0 fully saturated rings. The van der Waals surface area contributed by atoms with Crippen LogP contribution in [0.1, 0.15) is 26.3 Å². The lowest BCUT2D eigenvalue weighted by Gasteiger charge is -2.10. The van der Waals surface area contributed by atoms with E-state index in [2.05, 4.69) is 0 Å². The maximum absolute atomic E-state index is 12.6. The Kier molecular flexibility index (Phi) is 4.23. The molecule has 0 aliphatic heterocycles. The number of benzene rings is 2. The first kappa shape index (κ1) is 14.6. The molecule has 2 aromatic carbocycles. The zero-order chi connectivity index (χ0) is 15.4. The van der Waals surface area contributed by atoms with Gasteiger partial charge in [-0.2, -0.15) is 0 Å². The van der Waals surface area contributed by atoms with E-state index in [0.717, 1.165) is 0 Å². The fourth-order valence-electron chi connectivity index (χ4n) is 2.00. The molecule has 2 aromatic rings. The second-order valence-corrected chi connectivity index (χ2v) is 4.25. The van der Waals surface area contributed by atoms with Crippen LogP contribution in [0.25, 0.3) is 0 Å². The van der Waals surface area contributed by atoms with Gasteiger partial charge in [-0.1, -0.05) is 12.1 Å². The quantitative estimate of drug-likeness (QED) is 0.855. The Morgan fingerprint density at radius 1 is 0.905 bits per heavy atom. The van der Waals surface area contributed by atoms with E-state index in [1.807, 2.05) is 0 Å². The smallest absolute Gasteiger partial charge is 0.336 e. The summed E-state index contributed by atoms with van der Waals surface area (Å²) in [4.78, 5) is 23.9. The van der Waals surface area contributed by atoms with Gasteiger partial charge in [0.05, 0.1) is 25.3 Å². The van der Waals surface area contributed by atoms with Gasteiger partial charge >= 0.3 is 5.97 Å². The minimum Gasteiger partial charge on any atom is -0.497 e. The number of rotatable bonds is 5. The van der Waals surface area contributed by atoms with Crippen molar-refractivity contribution in [2.75, 3.05) is 14.2 Å². The van der Waals surface area contributed by atoms with Crippen LogP contribution in [0.15, 0.2) is 42.5 Å². The number of ketones is 1. The molecule has 0 aliphatic rings. The van der Waals surface area contributed by atoms with Crippen molar-refractivity contribution >= 4 is 11.8 Å². The lowest BCUT2D eigenvalue weighted by Crippen LogP contribution is -2.11. The number of hydrogen-bond acceptors (Lipinski definition) is 4. The molecule has 5 nitrogen and oxygen atoms in total. The van der Waals surface area contributed by atoms with Gasteiger partial charge in [-0.3, -0.25) is 4.79 Å². The third-order valence-electron chi connectivity index (χ3n) is 3.05. The van der Waals surface area contributed by atoms with Gasteiger partial charge in [-0.25, -0.2) is 4.79 Å². The predicted molar refractivity (Wildman–Crippen MR) is 76.4 cm³/mol. The third kappa shape index (κ3) is 2.86. The molecule has 1 N–H and O–H groups in total. The number of carboxylic acids is 1. The molecule has 5 heteroatoms. The van der Waals surface area contributed by atoms with Crippen LogP contribution < -0.4 is 9.47 Å². The zero-order valence-electron chi connectivity index (χ0n) is 11.6. The Bertz CT molecular complexity index is 691. The molecule has 0 bridgehead atoms. The number of carboxylic acid groups (broad SMARTS) is 1. The average Bonchev–Trinajstić information content (AvgIpc) is 2.53. The number of hydrogen-bond donors (Lipinski definition) is 1. The van der Waals surface area contributed by atoms with E-state index >= 15 is 0 Å². The van der Waals surface area contributed by atoms with Gasteiger partial charge < -0.3 is 14.6 Å². The third-order valence-corrected chi connectivity index (χ3v) is 3.05. The van der Waals surface area contributed by atoms with Crippen molar-refractivity contribution in [1.82, 2.24) is 0 Å². The summed E-state index contributed by atoms with van der Waals surface area (Å²) in [6, 6.07) is 11.0. The van der Waals surface area contributed by atoms with Crippen LogP contribution in [-0.4, -0.2) is 31.1 Å². The minimum atomic E-state index is -1.19. The first-order valence-corrected chi connectivity index (χ1v) is 6.17. The number of para-hydroxylation sites is 1. The number of aromatic carboxylic acids is 1. The molecule has 0 amide bonds. The Balaban J connectivity index is 2.55. The molecule has 0 saturated heterocycles. The van der Waals surface area contributed by atoms with Gasteiger partial charge in [-0.15, -0.1) is 0 Å². The van der Waals surface area contributed by atoms with E-state index in [0.29, 0.717) is 17.1 Å². The van der Waals surface area contributed by atoms with Gasteiger partial charge in [0.15, 0.2) is 5.78 Å². The topological polar surface area (TPSA) is 72.8 Å². The first-order chi connectivity index (χ1) is 10.1. The molecular formula is C16H14O5. The van der Waals surface area contributed by atoms with Crippen molar-refractivity contribution in [3.63, 3.8) is 0 Å². The van der Waals surface area contributed by atoms with Crippen LogP contribution in [0.2, 0.25) is 0 Å². The lowest BCUT2D eigenvalue weighted by molar-refractivity contribution is 0.0692. The van der Waals surface area contributed by atoms with Gasteiger partial charge in [-0.05, 0) is 30.3 Å². The lowest BCUT2D eigenvalue weighted by atomic mass is 9.97. The highest BCUT2D eigenvalue weighted by molar-refractivity contribution is 6.15. The summed E-state index contributed by atoms with van der Waals surface area (Å²) in [5, 5.41) is 9.27. The molecule has 0 radical (unpaired) electrons. The molecule has 21 heavy (non-hydrogen) atoms. The van der Waals surface area contributed by atoms with Crippen molar-refractivity contribution in [3.05, 3.63) is 59.2 Å². The number of carbonyl (C=O) groups excluding carboxylic acids is 1. The molecule has 0 unspecified atom stereocenters. The fourth-order valence-corrected chi connectivity index (χ4v) is 2.00. The van der Waals surface area contributed by atoms with Crippen LogP contribution in [0.4, 0.5) is 0 Å². The summed E-state index contributed by atoms with van der Waals surface area (Å²) in [6.45, 7) is 0. The monoisotopic (exact) mass is 286 g/mol. The molecule has 2 rings (SSSR count). The average molecular weight is 286 g/mol. The molecular weight excluding hydrogens is 272 g/mol. The molecule has 108 valence electrons. The van der Waals surface area contributed by atoms with Crippen molar-refractivity contribution in [2.24, 2.45) is 0 Å². The molecule has 0 aliphatic carbocycles. The van der Waals surface area contributed by atoms with Crippen LogP contribution in [0, 0.1) is 0 Å². The summed E-state index contributed by atoms with van der Waals surface area (Å²) >= 11 is 0. The number of methoxy groups -OCH3 is 2. The van der Waals surface area contributed by atoms with E-state index in [1.54, 1.807) is 30.3 Å². The Morgan fingerprint density at radius 3 is 2.24 bits per heavy atom. The Labute approximate surface area is 121 Å². The van der Waals surface area contributed by atoms with Gasteiger partial charge in [0, 0.05) is 5.56 Å². The molecule has 0 atom stereocenters. The number of ether oxygens (including phenoxy) is 2. The van der Waals surface area contributed by atoms with E-state index in [1.165, 1.54) is 26.4 Å². The highest BCUT2D eigenvalue weighted by atomic mass is 16.5. The highest BCUT2D eigenvalue weighted by Crippen LogP contribution is 2.25. The molecule has 0 heterocycles. The second-order valence-electron chi connectivity index (χ2n) is 4.25. The summed E-state index contributed by atoms with van der Waals surface area (Å²) in [5.74, 6) is -0.821. The van der Waals surface area contributed by atoms with Crippen molar-refractivity contribution in [1.29, 1.82) is 0 Å². The summed E-state index contributed by atoms with van der Waals surface area (Å²) in [5.41, 5.74) is 0.297. The first-order valence-electron chi connectivity index (χ1n) is 6.17. The summed E-state index contributed by atoms with van der Waals surface area (Å²) < 4.78 is 10.1. The van der Waals surface area contributed by atoms with Crippen molar-refractivity contribution < 1.29 is 24.2 Å². The highest BCUT2D eigenvalue weighted by Gasteiger charge is 2.21. The SMILES string of the molecule is COc1ccc(C(=O)c2ccccc2OC)c(C(=O)O)c1. The summed E-state index contributed by atoms with van der Waals surface area (Å²) in [6.07, 6.45) is 0. The largest absolute Gasteiger partial charge is 0.497 e. The fraction of sp³-hybridized carbons (Fsp3) is 0.125. The van der Waals surface area contributed by atoms with Crippen molar-refractivity contribution in [3.8, 4) is 11.5 Å². The maximum Gasteiger partial charge on any atom is 0.336 e. The van der Waals surface area contributed by atoms with Crippen molar-refractivity contribution in [2.45, 2.75) is 0 Å². The van der Waals surface area contributed by atoms with Gasteiger partial charge in [0.2, 0.25) is 0 Å². The molecule has 0 aromatic heterocycles.